The predicted octanol–water partition coefficient (Wildman–Crippen LogP) is 1.55. The molecule has 1 aliphatic rings. The van der Waals surface area contributed by atoms with Crippen molar-refractivity contribution < 1.29 is 14.7 Å². The number of amides is 1. The molecular formula is C16H20N4O3S. The van der Waals surface area contributed by atoms with Gasteiger partial charge in [0.15, 0.2) is 0 Å². The van der Waals surface area contributed by atoms with Crippen LogP contribution in [0.2, 0.25) is 0 Å². The van der Waals surface area contributed by atoms with Crippen molar-refractivity contribution >= 4 is 23.2 Å². The molecule has 1 N–H and O–H groups in total. The Morgan fingerprint density at radius 2 is 2.04 bits per heavy atom. The lowest BCUT2D eigenvalue weighted by Gasteiger charge is -2.34. The third-order valence-corrected chi connectivity index (χ3v) is 5.09. The Balaban J connectivity index is 1.61. The molecule has 0 aliphatic carbocycles. The van der Waals surface area contributed by atoms with Gasteiger partial charge in [0.05, 0.1) is 0 Å². The Kier molecular flexibility index (Phi) is 4.96. The van der Waals surface area contributed by atoms with Crippen molar-refractivity contribution in [2.45, 2.75) is 19.5 Å². The molecule has 1 saturated heterocycles. The molecule has 128 valence electrons. The van der Waals surface area contributed by atoms with Gasteiger partial charge < -0.3 is 10.0 Å². The molecule has 0 saturated carbocycles. The molecule has 1 amide bonds. The van der Waals surface area contributed by atoms with Gasteiger partial charge in [-0.15, -0.1) is 11.3 Å². The van der Waals surface area contributed by atoms with Crippen LogP contribution in [0.4, 0.5) is 0 Å². The molecule has 0 aromatic carbocycles. The van der Waals surface area contributed by atoms with E-state index in [0.29, 0.717) is 18.8 Å². The molecule has 2 aromatic heterocycles. The van der Waals surface area contributed by atoms with Crippen LogP contribution in [-0.2, 0) is 11.3 Å². The van der Waals surface area contributed by atoms with Gasteiger partial charge in [-0.25, -0.2) is 9.48 Å². The molecule has 0 radical (unpaired) electrons. The minimum absolute atomic E-state index is 0.156. The summed E-state index contributed by atoms with van der Waals surface area (Å²) >= 11 is 1.74. The highest BCUT2D eigenvalue weighted by atomic mass is 32.1. The maximum atomic E-state index is 12.7. The zero-order valence-corrected chi connectivity index (χ0v) is 14.3. The fourth-order valence-electron chi connectivity index (χ4n) is 2.79. The van der Waals surface area contributed by atoms with Gasteiger partial charge >= 0.3 is 5.97 Å². The SMILES string of the molecule is CC(C(=O)O)n1nccc1C(=O)N1CCN(Cc2cccs2)CC1. The number of hydrogen-bond acceptors (Lipinski definition) is 5. The maximum Gasteiger partial charge on any atom is 0.328 e. The van der Waals surface area contributed by atoms with Gasteiger partial charge in [-0.1, -0.05) is 6.07 Å². The molecule has 3 rings (SSSR count). The molecule has 1 atom stereocenters. The largest absolute Gasteiger partial charge is 0.480 e. The van der Waals surface area contributed by atoms with Crippen LogP contribution in [0.15, 0.2) is 29.8 Å². The predicted molar refractivity (Wildman–Crippen MR) is 90.1 cm³/mol. The van der Waals surface area contributed by atoms with Crippen LogP contribution in [-0.4, -0.2) is 62.7 Å². The number of hydrogen-bond donors (Lipinski definition) is 1. The summed E-state index contributed by atoms with van der Waals surface area (Å²) in [6.45, 7) is 5.32. The molecule has 1 aliphatic heterocycles. The smallest absolute Gasteiger partial charge is 0.328 e. The standard InChI is InChI=1S/C16H20N4O3S/c1-12(16(22)23)20-14(4-5-17-20)15(21)19-8-6-18(7-9-19)11-13-3-2-10-24-13/h2-5,10,12H,6-9,11H2,1H3,(H,22,23). The number of rotatable bonds is 5. The van der Waals surface area contributed by atoms with Gasteiger partial charge in [-0.2, -0.15) is 5.10 Å². The summed E-state index contributed by atoms with van der Waals surface area (Å²) in [6, 6.07) is 4.89. The first kappa shape index (κ1) is 16.7. The van der Waals surface area contributed by atoms with E-state index in [0.717, 1.165) is 19.6 Å². The van der Waals surface area contributed by atoms with Gasteiger partial charge in [0.1, 0.15) is 11.7 Å². The quantitative estimate of drug-likeness (QED) is 0.887. The second-order valence-electron chi connectivity index (χ2n) is 5.82. The van der Waals surface area contributed by atoms with Crippen molar-refractivity contribution in [2.24, 2.45) is 0 Å². The molecule has 3 heterocycles. The van der Waals surface area contributed by atoms with Crippen molar-refractivity contribution in [1.29, 1.82) is 0 Å². The lowest BCUT2D eigenvalue weighted by Crippen LogP contribution is -2.48. The normalized spacial score (nSPS) is 17.0. The molecule has 24 heavy (non-hydrogen) atoms. The summed E-state index contributed by atoms with van der Waals surface area (Å²) in [7, 11) is 0. The number of aromatic nitrogens is 2. The number of carboxylic acids is 1. The van der Waals surface area contributed by atoms with E-state index in [1.807, 2.05) is 6.07 Å². The number of carbonyl (C=O) groups excluding carboxylic acids is 1. The number of thiophene rings is 1. The summed E-state index contributed by atoms with van der Waals surface area (Å²) in [4.78, 5) is 29.3. The van der Waals surface area contributed by atoms with E-state index in [4.69, 9.17) is 5.11 Å². The van der Waals surface area contributed by atoms with Gasteiger partial charge in [0.2, 0.25) is 0 Å². The second kappa shape index (κ2) is 7.14. The van der Waals surface area contributed by atoms with Crippen LogP contribution >= 0.6 is 11.3 Å². The fraction of sp³-hybridized carbons (Fsp3) is 0.438. The number of carboxylic acid groups (broad SMARTS) is 1. The Labute approximate surface area is 144 Å². The highest BCUT2D eigenvalue weighted by Gasteiger charge is 2.27. The second-order valence-corrected chi connectivity index (χ2v) is 6.86. The Morgan fingerprint density at radius 1 is 1.29 bits per heavy atom. The molecule has 1 fully saturated rings. The number of piperazine rings is 1. The first-order valence-corrected chi connectivity index (χ1v) is 8.74. The van der Waals surface area contributed by atoms with Crippen LogP contribution in [0.25, 0.3) is 0 Å². The molecule has 1 unspecified atom stereocenters. The highest BCUT2D eigenvalue weighted by molar-refractivity contribution is 7.09. The van der Waals surface area contributed by atoms with E-state index in [-0.39, 0.29) is 5.91 Å². The molecule has 2 aromatic rings. The van der Waals surface area contributed by atoms with E-state index >= 15 is 0 Å². The third-order valence-electron chi connectivity index (χ3n) is 4.23. The van der Waals surface area contributed by atoms with Crippen LogP contribution in [0, 0.1) is 0 Å². The Hall–Kier alpha value is -2.19. The van der Waals surface area contributed by atoms with Crippen LogP contribution in [0.1, 0.15) is 28.3 Å². The Bertz CT molecular complexity index is 705. The van der Waals surface area contributed by atoms with Gasteiger partial charge in [0.25, 0.3) is 5.91 Å². The van der Waals surface area contributed by atoms with Crippen LogP contribution < -0.4 is 0 Å². The van der Waals surface area contributed by atoms with Crippen molar-refractivity contribution in [2.75, 3.05) is 26.2 Å². The summed E-state index contributed by atoms with van der Waals surface area (Å²) in [5.41, 5.74) is 0.330. The summed E-state index contributed by atoms with van der Waals surface area (Å²) in [5.74, 6) is -1.16. The average molecular weight is 348 g/mol. The maximum absolute atomic E-state index is 12.7. The minimum atomic E-state index is -1.01. The topological polar surface area (TPSA) is 78.7 Å². The lowest BCUT2D eigenvalue weighted by atomic mass is 10.2. The van der Waals surface area contributed by atoms with E-state index in [9.17, 15) is 9.59 Å². The van der Waals surface area contributed by atoms with E-state index < -0.39 is 12.0 Å². The molecule has 0 spiro atoms. The third kappa shape index (κ3) is 3.49. The number of nitrogens with zero attached hydrogens (tertiary/aromatic N) is 4. The zero-order valence-electron chi connectivity index (χ0n) is 13.5. The summed E-state index contributed by atoms with van der Waals surface area (Å²) < 4.78 is 1.28. The van der Waals surface area contributed by atoms with Crippen LogP contribution in [0.5, 0.6) is 0 Å². The molecule has 7 nitrogen and oxygen atoms in total. The fourth-order valence-corrected chi connectivity index (χ4v) is 3.54. The average Bonchev–Trinajstić information content (AvgIpc) is 3.25. The highest BCUT2D eigenvalue weighted by Crippen LogP contribution is 2.16. The van der Waals surface area contributed by atoms with E-state index in [2.05, 4.69) is 21.4 Å². The first-order valence-electron chi connectivity index (χ1n) is 7.86. The first-order chi connectivity index (χ1) is 11.6. The number of carbonyl (C=O) groups is 2. The molecule has 0 bridgehead atoms. The minimum Gasteiger partial charge on any atom is -0.480 e. The van der Waals surface area contributed by atoms with E-state index in [1.165, 1.54) is 22.7 Å². The van der Waals surface area contributed by atoms with Crippen molar-refractivity contribution in [3.63, 3.8) is 0 Å². The lowest BCUT2D eigenvalue weighted by molar-refractivity contribution is -0.140. The summed E-state index contributed by atoms with van der Waals surface area (Å²) in [6.07, 6.45) is 1.47. The van der Waals surface area contributed by atoms with E-state index in [1.54, 1.807) is 22.3 Å². The zero-order chi connectivity index (χ0) is 17.1. The van der Waals surface area contributed by atoms with Gasteiger partial charge in [0, 0.05) is 43.8 Å². The molecule has 8 heteroatoms. The number of aliphatic carboxylic acids is 1. The van der Waals surface area contributed by atoms with Crippen molar-refractivity contribution in [1.82, 2.24) is 19.6 Å². The Morgan fingerprint density at radius 3 is 2.67 bits per heavy atom. The van der Waals surface area contributed by atoms with Crippen molar-refractivity contribution in [3.8, 4) is 0 Å². The van der Waals surface area contributed by atoms with Gasteiger partial charge in [-0.05, 0) is 24.4 Å². The van der Waals surface area contributed by atoms with Crippen molar-refractivity contribution in [3.05, 3.63) is 40.3 Å². The monoisotopic (exact) mass is 348 g/mol. The van der Waals surface area contributed by atoms with Crippen LogP contribution in [0.3, 0.4) is 0 Å². The summed E-state index contributed by atoms with van der Waals surface area (Å²) in [5, 5.41) is 15.2. The molecular weight excluding hydrogens is 328 g/mol. The van der Waals surface area contributed by atoms with Gasteiger partial charge in [-0.3, -0.25) is 9.69 Å².